The number of esters is 2. The van der Waals surface area contributed by atoms with Crippen LogP contribution in [0.5, 0.6) is 0 Å². The zero-order valence-electron chi connectivity index (χ0n) is 15.7. The topological polar surface area (TPSA) is 86.7 Å². The fraction of sp³-hybridized carbons (Fsp3) is 0.238. The van der Waals surface area contributed by atoms with E-state index in [1.54, 1.807) is 0 Å². The molecule has 0 unspecified atom stereocenters. The number of ether oxygens (including phenoxy) is 2. The molecule has 0 aromatic heterocycles. The fourth-order valence-corrected chi connectivity index (χ4v) is 2.73. The van der Waals surface area contributed by atoms with Crippen LogP contribution in [-0.4, -0.2) is 36.7 Å². The Morgan fingerprint density at radius 2 is 1.07 bits per heavy atom. The molecule has 0 aliphatic carbocycles. The molecule has 8 heteroatoms. The number of ketones is 2. The van der Waals surface area contributed by atoms with Gasteiger partial charge < -0.3 is 9.47 Å². The molecule has 2 aromatic rings. The van der Waals surface area contributed by atoms with Crippen molar-refractivity contribution in [3.05, 3.63) is 71.3 Å². The van der Waals surface area contributed by atoms with Gasteiger partial charge in [0.05, 0.1) is 24.3 Å². The second-order valence-corrected chi connectivity index (χ2v) is 5.81. The monoisotopic (exact) mass is 404 g/mol. The van der Waals surface area contributed by atoms with E-state index < -0.39 is 51.7 Å². The van der Waals surface area contributed by atoms with Gasteiger partial charge in [0, 0.05) is 0 Å². The molecule has 152 valence electrons. The molecule has 0 saturated heterocycles. The Morgan fingerprint density at radius 1 is 0.724 bits per heavy atom. The van der Waals surface area contributed by atoms with Crippen molar-refractivity contribution in [2.24, 2.45) is 5.41 Å². The summed E-state index contributed by atoms with van der Waals surface area (Å²) >= 11 is 0. The first-order valence-corrected chi connectivity index (χ1v) is 8.75. The van der Waals surface area contributed by atoms with Crippen molar-refractivity contribution in [2.75, 3.05) is 13.2 Å². The van der Waals surface area contributed by atoms with Crippen LogP contribution in [0.25, 0.3) is 0 Å². The summed E-state index contributed by atoms with van der Waals surface area (Å²) < 4.78 is 38.2. The van der Waals surface area contributed by atoms with Gasteiger partial charge in [-0.25, -0.2) is 18.4 Å². The van der Waals surface area contributed by atoms with Crippen LogP contribution in [-0.2, 0) is 19.1 Å². The Hall–Kier alpha value is -3.42. The maximum atomic E-state index is 14.3. The van der Waals surface area contributed by atoms with Crippen LogP contribution in [0.4, 0.5) is 8.78 Å². The molecule has 0 aliphatic heterocycles. The van der Waals surface area contributed by atoms with Gasteiger partial charge in [0.25, 0.3) is 5.41 Å². The zero-order chi connectivity index (χ0) is 21.6. The summed E-state index contributed by atoms with van der Waals surface area (Å²) in [5.41, 5.74) is -4.67. The average molecular weight is 404 g/mol. The number of carbonyl (C=O) groups is 4. The standard InChI is InChI=1S/C21H18F2O6/c1-3-28-19(26)21(20(27)29-4-2,17(24)13-9-5-7-11-15(13)22)18(25)14-10-6-8-12-16(14)23/h5-12H,3-4H2,1-2H3. The number of Topliss-reactive ketones (excluding diaryl/α,β-unsaturated/α-hetero) is 2. The highest BCUT2D eigenvalue weighted by Crippen LogP contribution is 2.33. The average Bonchev–Trinajstić information content (AvgIpc) is 2.69. The number of hydrogen-bond acceptors (Lipinski definition) is 6. The lowest BCUT2D eigenvalue weighted by Crippen LogP contribution is -2.54. The third-order valence-corrected chi connectivity index (χ3v) is 4.08. The number of halogens is 2. The minimum Gasteiger partial charge on any atom is -0.464 e. The summed E-state index contributed by atoms with van der Waals surface area (Å²) in [6.45, 7) is 2.17. The van der Waals surface area contributed by atoms with Crippen molar-refractivity contribution in [3.63, 3.8) is 0 Å². The van der Waals surface area contributed by atoms with Gasteiger partial charge in [0.2, 0.25) is 11.6 Å². The molecule has 6 nitrogen and oxygen atoms in total. The molecule has 0 amide bonds. The third kappa shape index (κ3) is 3.91. The quantitative estimate of drug-likeness (QED) is 0.382. The lowest BCUT2D eigenvalue weighted by molar-refractivity contribution is -0.163. The van der Waals surface area contributed by atoms with E-state index in [0.29, 0.717) is 0 Å². The molecular formula is C21H18F2O6. The van der Waals surface area contributed by atoms with Gasteiger partial charge in [-0.15, -0.1) is 0 Å². The predicted octanol–water partition coefficient (Wildman–Crippen LogP) is 3.14. The maximum Gasteiger partial charge on any atom is 0.339 e. The summed E-state index contributed by atoms with van der Waals surface area (Å²) in [6, 6.07) is 8.96. The zero-order valence-corrected chi connectivity index (χ0v) is 15.7. The highest BCUT2D eigenvalue weighted by atomic mass is 19.1. The van der Waals surface area contributed by atoms with Crippen LogP contribution in [0.1, 0.15) is 34.6 Å². The molecule has 0 fully saturated rings. The normalized spacial score (nSPS) is 10.9. The molecule has 0 N–H and O–H groups in total. The van der Waals surface area contributed by atoms with Crippen LogP contribution in [0.3, 0.4) is 0 Å². The molecule has 2 rings (SSSR count). The van der Waals surface area contributed by atoms with E-state index in [2.05, 4.69) is 0 Å². The molecule has 0 heterocycles. The Morgan fingerprint density at radius 3 is 1.38 bits per heavy atom. The van der Waals surface area contributed by atoms with E-state index >= 15 is 0 Å². The van der Waals surface area contributed by atoms with Gasteiger partial charge in [0.1, 0.15) is 11.6 Å². The molecular weight excluding hydrogens is 386 g/mol. The molecule has 0 saturated carbocycles. The Labute approximate surface area is 165 Å². The molecule has 0 radical (unpaired) electrons. The number of benzene rings is 2. The van der Waals surface area contributed by atoms with Gasteiger partial charge in [-0.3, -0.25) is 9.59 Å². The van der Waals surface area contributed by atoms with Crippen molar-refractivity contribution in [3.8, 4) is 0 Å². The molecule has 2 aromatic carbocycles. The molecule has 0 bridgehead atoms. The smallest absolute Gasteiger partial charge is 0.339 e. The van der Waals surface area contributed by atoms with Crippen molar-refractivity contribution in [2.45, 2.75) is 13.8 Å². The van der Waals surface area contributed by atoms with Crippen LogP contribution in [0.15, 0.2) is 48.5 Å². The number of rotatable bonds is 8. The highest BCUT2D eigenvalue weighted by Gasteiger charge is 2.63. The van der Waals surface area contributed by atoms with Gasteiger partial charge in [-0.1, -0.05) is 24.3 Å². The first-order valence-electron chi connectivity index (χ1n) is 8.75. The van der Waals surface area contributed by atoms with E-state index in [1.165, 1.54) is 38.1 Å². The lowest BCUT2D eigenvalue weighted by atomic mass is 9.73. The van der Waals surface area contributed by atoms with E-state index in [1.807, 2.05) is 0 Å². The number of carbonyl (C=O) groups excluding carboxylic acids is 4. The lowest BCUT2D eigenvalue weighted by Gasteiger charge is -2.27. The minimum absolute atomic E-state index is 0.297. The Bertz CT molecular complexity index is 876. The predicted molar refractivity (Wildman–Crippen MR) is 97.2 cm³/mol. The van der Waals surface area contributed by atoms with E-state index in [4.69, 9.17) is 9.47 Å². The minimum atomic E-state index is -3.25. The SMILES string of the molecule is CCOC(=O)C(C(=O)OCC)(C(=O)c1ccccc1F)C(=O)c1ccccc1F. The number of hydrogen-bond donors (Lipinski definition) is 0. The Balaban J connectivity index is 2.83. The van der Waals surface area contributed by atoms with Gasteiger partial charge in [-0.2, -0.15) is 0 Å². The molecule has 0 aliphatic rings. The van der Waals surface area contributed by atoms with Gasteiger partial charge >= 0.3 is 11.9 Å². The largest absolute Gasteiger partial charge is 0.464 e. The van der Waals surface area contributed by atoms with E-state index in [9.17, 15) is 28.0 Å². The van der Waals surface area contributed by atoms with Crippen LogP contribution in [0, 0.1) is 17.0 Å². The summed E-state index contributed by atoms with van der Waals surface area (Å²) in [7, 11) is 0. The third-order valence-electron chi connectivity index (χ3n) is 4.08. The molecule has 0 spiro atoms. The Kier molecular flexibility index (Phi) is 6.93. The van der Waals surface area contributed by atoms with Crippen molar-refractivity contribution >= 4 is 23.5 Å². The molecule has 0 atom stereocenters. The fourth-order valence-electron chi connectivity index (χ4n) is 2.73. The van der Waals surface area contributed by atoms with Crippen LogP contribution in [0.2, 0.25) is 0 Å². The first kappa shape index (κ1) is 21.9. The van der Waals surface area contributed by atoms with Crippen molar-refractivity contribution in [1.82, 2.24) is 0 Å². The van der Waals surface area contributed by atoms with Gasteiger partial charge in [-0.05, 0) is 38.1 Å². The summed E-state index contributed by atoms with van der Waals surface area (Å²) in [4.78, 5) is 52.2. The first-order chi connectivity index (χ1) is 13.8. The van der Waals surface area contributed by atoms with E-state index in [0.717, 1.165) is 24.3 Å². The second kappa shape index (κ2) is 9.18. The van der Waals surface area contributed by atoms with E-state index in [-0.39, 0.29) is 13.2 Å². The summed E-state index contributed by atoms with van der Waals surface area (Å²) in [5.74, 6) is -8.28. The summed E-state index contributed by atoms with van der Waals surface area (Å²) in [5, 5.41) is 0. The highest BCUT2D eigenvalue weighted by molar-refractivity contribution is 6.42. The summed E-state index contributed by atoms with van der Waals surface area (Å²) in [6.07, 6.45) is 0. The maximum absolute atomic E-state index is 14.3. The van der Waals surface area contributed by atoms with Crippen LogP contribution >= 0.6 is 0 Å². The van der Waals surface area contributed by atoms with Gasteiger partial charge in [0.15, 0.2) is 0 Å². The van der Waals surface area contributed by atoms with Crippen LogP contribution < -0.4 is 0 Å². The second-order valence-electron chi connectivity index (χ2n) is 5.81. The van der Waals surface area contributed by atoms with Crippen molar-refractivity contribution in [1.29, 1.82) is 0 Å². The van der Waals surface area contributed by atoms with Crippen molar-refractivity contribution < 1.29 is 37.4 Å². The molecule has 29 heavy (non-hydrogen) atoms.